The number of fused-ring (bicyclic) bond motifs is 3. The van der Waals surface area contributed by atoms with Crippen LogP contribution in [0, 0.1) is 11.8 Å². The van der Waals surface area contributed by atoms with E-state index in [1.165, 1.54) is 21.3 Å². The maximum absolute atomic E-state index is 12.8. The molecular formula is C22H22O9. The molecule has 0 radical (unpaired) electrons. The lowest BCUT2D eigenvalue weighted by atomic mass is 9.66. The molecule has 1 fully saturated rings. The number of cyclic esters (lactones) is 1. The Morgan fingerprint density at radius 3 is 2.35 bits per heavy atom. The van der Waals surface area contributed by atoms with Crippen molar-refractivity contribution in [3.8, 4) is 34.5 Å². The Kier molecular flexibility index (Phi) is 4.51. The SMILES string of the molecule is COc1cc(C2c3cc4c(c(OC)c3C(O)C3COC(=O)C23)OCO4)cc(OC)c1O. The standard InChI is InChI=1S/C22H22O9/c1-26-12-4-9(5-13(27-2)19(12)24)15-10-6-14-20(31-8-30-14)21(28-3)17(10)18(23)11-7-29-22(25)16(11)15/h4-6,11,15-16,18,23-24H,7-8H2,1-3H3. The number of methoxy groups -OCH3 is 3. The first-order valence-electron chi connectivity index (χ1n) is 9.80. The van der Waals surface area contributed by atoms with Crippen LogP contribution >= 0.6 is 0 Å². The summed E-state index contributed by atoms with van der Waals surface area (Å²) in [5.41, 5.74) is 1.85. The van der Waals surface area contributed by atoms with Crippen molar-refractivity contribution >= 4 is 5.97 Å². The molecule has 2 aromatic rings. The van der Waals surface area contributed by atoms with E-state index in [4.69, 9.17) is 28.4 Å². The van der Waals surface area contributed by atoms with Crippen molar-refractivity contribution in [2.24, 2.45) is 11.8 Å². The van der Waals surface area contributed by atoms with Crippen LogP contribution in [0.4, 0.5) is 0 Å². The predicted molar refractivity (Wildman–Crippen MR) is 105 cm³/mol. The second kappa shape index (κ2) is 7.12. The molecule has 9 heteroatoms. The lowest BCUT2D eigenvalue weighted by Crippen LogP contribution is -2.35. The van der Waals surface area contributed by atoms with Gasteiger partial charge in [-0.1, -0.05) is 0 Å². The van der Waals surface area contributed by atoms with Gasteiger partial charge in [0.1, 0.15) is 0 Å². The van der Waals surface area contributed by atoms with Gasteiger partial charge < -0.3 is 38.6 Å². The number of carbonyl (C=O) groups excluding carboxylic acids is 1. The van der Waals surface area contributed by atoms with Crippen LogP contribution in [0.3, 0.4) is 0 Å². The Hall–Kier alpha value is -3.33. The van der Waals surface area contributed by atoms with Crippen LogP contribution in [-0.2, 0) is 9.53 Å². The summed E-state index contributed by atoms with van der Waals surface area (Å²) in [4.78, 5) is 12.8. The quantitative estimate of drug-likeness (QED) is 0.704. The van der Waals surface area contributed by atoms with Crippen molar-refractivity contribution in [1.29, 1.82) is 0 Å². The third-order valence-corrected chi connectivity index (χ3v) is 6.30. The number of phenolic OH excluding ortho intramolecular Hbond substituents is 1. The molecule has 164 valence electrons. The number of aliphatic hydroxyl groups excluding tert-OH is 1. The van der Waals surface area contributed by atoms with E-state index in [0.717, 1.165) is 0 Å². The third kappa shape index (κ3) is 2.69. The summed E-state index contributed by atoms with van der Waals surface area (Å²) in [5, 5.41) is 21.6. The van der Waals surface area contributed by atoms with Crippen LogP contribution in [0.1, 0.15) is 28.7 Å². The molecule has 4 atom stereocenters. The molecule has 1 aliphatic carbocycles. The molecule has 2 aromatic carbocycles. The summed E-state index contributed by atoms with van der Waals surface area (Å²) in [7, 11) is 4.36. The zero-order valence-corrected chi connectivity index (χ0v) is 17.2. The molecule has 2 aliphatic heterocycles. The lowest BCUT2D eigenvalue weighted by molar-refractivity contribution is -0.141. The Bertz CT molecular complexity index is 1040. The molecule has 0 bridgehead atoms. The summed E-state index contributed by atoms with van der Waals surface area (Å²) in [6.07, 6.45) is -0.993. The minimum Gasteiger partial charge on any atom is -0.502 e. The van der Waals surface area contributed by atoms with Crippen LogP contribution in [0.15, 0.2) is 18.2 Å². The zero-order chi connectivity index (χ0) is 21.9. The number of rotatable bonds is 4. The second-order valence-electron chi connectivity index (χ2n) is 7.66. The van der Waals surface area contributed by atoms with Crippen molar-refractivity contribution in [3.63, 3.8) is 0 Å². The number of aliphatic hydroxyl groups is 1. The molecule has 9 nitrogen and oxygen atoms in total. The van der Waals surface area contributed by atoms with Gasteiger partial charge in [-0.25, -0.2) is 0 Å². The molecule has 3 aliphatic rings. The van der Waals surface area contributed by atoms with Crippen LogP contribution in [-0.4, -0.2) is 50.9 Å². The summed E-state index contributed by atoms with van der Waals surface area (Å²) < 4.78 is 32.8. The average Bonchev–Trinajstić information content (AvgIpc) is 3.40. The Morgan fingerprint density at radius 2 is 1.71 bits per heavy atom. The van der Waals surface area contributed by atoms with E-state index >= 15 is 0 Å². The Balaban J connectivity index is 1.80. The summed E-state index contributed by atoms with van der Waals surface area (Å²) in [6.45, 7) is 0.121. The summed E-state index contributed by atoms with van der Waals surface area (Å²) >= 11 is 0. The molecule has 4 unspecified atom stereocenters. The molecule has 2 N–H and O–H groups in total. The van der Waals surface area contributed by atoms with Crippen LogP contribution in [0.5, 0.6) is 34.5 Å². The number of ether oxygens (including phenoxy) is 6. The highest BCUT2D eigenvalue weighted by Crippen LogP contribution is 2.59. The minimum absolute atomic E-state index is 0.0328. The van der Waals surface area contributed by atoms with Crippen molar-refractivity contribution < 1.29 is 43.4 Å². The maximum atomic E-state index is 12.8. The topological polar surface area (TPSA) is 113 Å². The molecule has 1 saturated heterocycles. The fourth-order valence-corrected chi connectivity index (χ4v) is 4.92. The number of hydrogen-bond acceptors (Lipinski definition) is 9. The van der Waals surface area contributed by atoms with Gasteiger partial charge in [-0.2, -0.15) is 0 Å². The van der Waals surface area contributed by atoms with E-state index in [1.54, 1.807) is 18.2 Å². The highest BCUT2D eigenvalue weighted by atomic mass is 16.7. The van der Waals surface area contributed by atoms with Gasteiger partial charge in [0.25, 0.3) is 0 Å². The molecule has 2 heterocycles. The van der Waals surface area contributed by atoms with Crippen molar-refractivity contribution in [3.05, 3.63) is 34.9 Å². The fraction of sp³-hybridized carbons (Fsp3) is 0.409. The summed E-state index contributed by atoms with van der Waals surface area (Å²) in [6, 6.07) is 5.08. The van der Waals surface area contributed by atoms with Crippen molar-refractivity contribution in [1.82, 2.24) is 0 Å². The molecule has 31 heavy (non-hydrogen) atoms. The molecule has 0 amide bonds. The number of benzene rings is 2. The van der Waals surface area contributed by atoms with Crippen molar-refractivity contribution in [2.45, 2.75) is 12.0 Å². The Labute approximate surface area is 178 Å². The van der Waals surface area contributed by atoms with Crippen LogP contribution in [0.25, 0.3) is 0 Å². The first-order chi connectivity index (χ1) is 15.0. The van der Waals surface area contributed by atoms with Gasteiger partial charge in [-0.05, 0) is 29.3 Å². The fourth-order valence-electron chi connectivity index (χ4n) is 4.92. The molecule has 0 saturated carbocycles. The number of hydrogen-bond donors (Lipinski definition) is 2. The molecular weight excluding hydrogens is 408 g/mol. The highest BCUT2D eigenvalue weighted by molar-refractivity contribution is 5.79. The Morgan fingerprint density at radius 1 is 1.00 bits per heavy atom. The smallest absolute Gasteiger partial charge is 0.310 e. The average molecular weight is 430 g/mol. The van der Waals surface area contributed by atoms with Gasteiger partial charge in [-0.15, -0.1) is 0 Å². The number of phenols is 1. The van der Waals surface area contributed by atoms with Gasteiger partial charge in [0.05, 0.1) is 40.0 Å². The number of carbonyl (C=O) groups is 1. The van der Waals surface area contributed by atoms with Gasteiger partial charge in [0.15, 0.2) is 23.0 Å². The second-order valence-corrected chi connectivity index (χ2v) is 7.66. The monoisotopic (exact) mass is 430 g/mol. The zero-order valence-electron chi connectivity index (χ0n) is 17.2. The van der Waals surface area contributed by atoms with Crippen molar-refractivity contribution in [2.75, 3.05) is 34.7 Å². The van der Waals surface area contributed by atoms with Crippen LogP contribution in [0.2, 0.25) is 0 Å². The normalized spacial score (nSPS) is 25.5. The van der Waals surface area contributed by atoms with E-state index in [-0.39, 0.29) is 30.6 Å². The first kappa shape index (κ1) is 19.6. The van der Waals surface area contributed by atoms with Gasteiger partial charge in [0, 0.05) is 17.4 Å². The molecule has 5 rings (SSSR count). The molecule has 0 aromatic heterocycles. The first-order valence-corrected chi connectivity index (χ1v) is 9.80. The number of esters is 1. The minimum atomic E-state index is -0.993. The lowest BCUT2D eigenvalue weighted by Gasteiger charge is -2.37. The largest absolute Gasteiger partial charge is 0.502 e. The van der Waals surface area contributed by atoms with Gasteiger partial charge in [-0.3, -0.25) is 4.79 Å². The maximum Gasteiger partial charge on any atom is 0.310 e. The highest BCUT2D eigenvalue weighted by Gasteiger charge is 2.53. The van der Waals surface area contributed by atoms with E-state index in [2.05, 4.69) is 0 Å². The predicted octanol–water partition coefficient (Wildman–Crippen LogP) is 2.11. The van der Waals surface area contributed by atoms with Gasteiger partial charge >= 0.3 is 5.97 Å². The van der Waals surface area contributed by atoms with E-state index in [1.807, 2.05) is 0 Å². The van der Waals surface area contributed by atoms with E-state index < -0.39 is 29.8 Å². The summed E-state index contributed by atoms with van der Waals surface area (Å²) in [5.74, 6) is -0.519. The number of aromatic hydroxyl groups is 1. The third-order valence-electron chi connectivity index (χ3n) is 6.30. The molecule has 0 spiro atoms. The van der Waals surface area contributed by atoms with Gasteiger partial charge in [0.2, 0.25) is 18.3 Å². The van der Waals surface area contributed by atoms with E-state index in [0.29, 0.717) is 33.9 Å². The van der Waals surface area contributed by atoms with E-state index in [9.17, 15) is 15.0 Å². The van der Waals surface area contributed by atoms with Crippen LogP contribution < -0.4 is 23.7 Å².